The van der Waals surface area contributed by atoms with E-state index in [2.05, 4.69) is 12.1 Å². The first-order valence-electron chi connectivity index (χ1n) is 5.90. The Morgan fingerprint density at radius 3 is 2.56 bits per heavy atom. The molecule has 0 aliphatic heterocycles. The molecule has 1 rings (SSSR count). The Kier molecular flexibility index (Phi) is 5.79. The number of aryl methyl sites for hydroxylation is 1. The van der Waals surface area contributed by atoms with Gasteiger partial charge in [-0.15, -0.1) is 0 Å². The maximum atomic E-state index is 10.7. The average Bonchev–Trinajstić information content (AvgIpc) is 2.25. The second kappa shape index (κ2) is 7.18. The van der Waals surface area contributed by atoms with Crippen LogP contribution in [0, 0.1) is 0 Å². The van der Waals surface area contributed by atoms with E-state index in [0.29, 0.717) is 6.42 Å². The number of carbonyl (C=O) groups is 1. The molecule has 0 aromatic heterocycles. The summed E-state index contributed by atoms with van der Waals surface area (Å²) in [5.41, 5.74) is 1.34. The number of unbranched alkanes of at least 4 members (excludes halogenated alkanes) is 1. The summed E-state index contributed by atoms with van der Waals surface area (Å²) >= 11 is 0. The molecule has 0 unspecified atom stereocenters. The molecule has 0 radical (unpaired) electrons. The fourth-order valence-corrected chi connectivity index (χ4v) is 1.79. The normalized spacial score (nSPS) is 12.4. The predicted molar refractivity (Wildman–Crippen MR) is 65.3 cm³/mol. The number of benzene rings is 1. The SMILES string of the molecule is CC(=O)C[C@@H](O)CCCCc1ccccc1. The number of hydrogen-bond donors (Lipinski definition) is 1. The Labute approximate surface area is 97.3 Å². The molecule has 16 heavy (non-hydrogen) atoms. The van der Waals surface area contributed by atoms with E-state index in [1.165, 1.54) is 12.5 Å². The third-order valence-corrected chi connectivity index (χ3v) is 2.62. The molecule has 1 aromatic carbocycles. The van der Waals surface area contributed by atoms with Gasteiger partial charge in [-0.1, -0.05) is 36.8 Å². The number of aliphatic hydroxyl groups excluding tert-OH is 1. The second-order valence-electron chi connectivity index (χ2n) is 4.29. The van der Waals surface area contributed by atoms with Crippen molar-refractivity contribution < 1.29 is 9.90 Å². The van der Waals surface area contributed by atoms with Gasteiger partial charge >= 0.3 is 0 Å². The van der Waals surface area contributed by atoms with Gasteiger partial charge in [-0.3, -0.25) is 4.79 Å². The van der Waals surface area contributed by atoms with E-state index in [1.54, 1.807) is 0 Å². The van der Waals surface area contributed by atoms with Crippen molar-refractivity contribution >= 4 is 5.78 Å². The van der Waals surface area contributed by atoms with Crippen LogP contribution >= 0.6 is 0 Å². The maximum absolute atomic E-state index is 10.7. The summed E-state index contributed by atoms with van der Waals surface area (Å²) in [5, 5.41) is 9.50. The highest BCUT2D eigenvalue weighted by molar-refractivity contribution is 5.75. The van der Waals surface area contributed by atoms with Gasteiger partial charge in [0.25, 0.3) is 0 Å². The van der Waals surface area contributed by atoms with Gasteiger partial charge in [0, 0.05) is 6.42 Å². The first-order chi connectivity index (χ1) is 7.68. The molecule has 0 spiro atoms. The summed E-state index contributed by atoms with van der Waals surface area (Å²) in [6.07, 6.45) is 3.67. The maximum Gasteiger partial charge on any atom is 0.132 e. The lowest BCUT2D eigenvalue weighted by molar-refractivity contribution is -0.118. The van der Waals surface area contributed by atoms with Gasteiger partial charge in [-0.25, -0.2) is 0 Å². The fourth-order valence-electron chi connectivity index (χ4n) is 1.79. The van der Waals surface area contributed by atoms with Crippen molar-refractivity contribution in [1.82, 2.24) is 0 Å². The van der Waals surface area contributed by atoms with Crippen LogP contribution in [0.3, 0.4) is 0 Å². The van der Waals surface area contributed by atoms with Crippen molar-refractivity contribution in [3.05, 3.63) is 35.9 Å². The molecule has 1 aromatic rings. The zero-order valence-corrected chi connectivity index (χ0v) is 9.86. The minimum Gasteiger partial charge on any atom is -0.393 e. The summed E-state index contributed by atoms with van der Waals surface area (Å²) in [5.74, 6) is 0.0653. The largest absolute Gasteiger partial charge is 0.393 e. The van der Waals surface area contributed by atoms with Gasteiger partial charge in [0.2, 0.25) is 0 Å². The lowest BCUT2D eigenvalue weighted by Crippen LogP contribution is -2.10. The molecule has 1 atom stereocenters. The molecule has 0 heterocycles. The van der Waals surface area contributed by atoms with Crippen LogP contribution in [-0.4, -0.2) is 17.0 Å². The lowest BCUT2D eigenvalue weighted by Gasteiger charge is -2.07. The molecule has 0 fully saturated rings. The molecular formula is C14H20O2. The third-order valence-electron chi connectivity index (χ3n) is 2.62. The minimum atomic E-state index is -0.451. The smallest absolute Gasteiger partial charge is 0.132 e. The van der Waals surface area contributed by atoms with Crippen molar-refractivity contribution in [2.75, 3.05) is 0 Å². The highest BCUT2D eigenvalue weighted by atomic mass is 16.3. The summed E-state index contributed by atoms with van der Waals surface area (Å²) in [6, 6.07) is 10.3. The van der Waals surface area contributed by atoms with E-state index in [1.807, 2.05) is 18.2 Å². The molecule has 0 amide bonds. The highest BCUT2D eigenvalue weighted by Gasteiger charge is 2.06. The van der Waals surface area contributed by atoms with Gasteiger partial charge in [0.1, 0.15) is 5.78 Å². The van der Waals surface area contributed by atoms with Crippen LogP contribution < -0.4 is 0 Å². The van der Waals surface area contributed by atoms with Gasteiger partial charge in [0.05, 0.1) is 6.10 Å². The monoisotopic (exact) mass is 220 g/mol. The van der Waals surface area contributed by atoms with Crippen LogP contribution in [0.15, 0.2) is 30.3 Å². The molecule has 0 bridgehead atoms. The molecule has 0 aliphatic rings. The first kappa shape index (κ1) is 12.9. The van der Waals surface area contributed by atoms with Crippen molar-refractivity contribution in [1.29, 1.82) is 0 Å². The third kappa shape index (κ3) is 5.66. The van der Waals surface area contributed by atoms with Crippen LogP contribution in [-0.2, 0) is 11.2 Å². The zero-order chi connectivity index (χ0) is 11.8. The van der Waals surface area contributed by atoms with Gasteiger partial charge in [0.15, 0.2) is 0 Å². The van der Waals surface area contributed by atoms with Crippen LogP contribution in [0.25, 0.3) is 0 Å². The van der Waals surface area contributed by atoms with Crippen LogP contribution in [0.5, 0.6) is 0 Å². The molecular weight excluding hydrogens is 200 g/mol. The Hall–Kier alpha value is -1.15. The Morgan fingerprint density at radius 1 is 1.25 bits per heavy atom. The number of rotatable bonds is 7. The van der Waals surface area contributed by atoms with Crippen LogP contribution in [0.4, 0.5) is 0 Å². The van der Waals surface area contributed by atoms with E-state index in [-0.39, 0.29) is 5.78 Å². The molecule has 0 saturated heterocycles. The quantitative estimate of drug-likeness (QED) is 0.717. The molecule has 2 heteroatoms. The molecule has 0 saturated carbocycles. The standard InChI is InChI=1S/C14H20O2/c1-12(15)11-14(16)10-6-5-9-13-7-3-2-4-8-13/h2-4,7-8,14,16H,5-6,9-11H2,1H3/t14-/m0/s1. The summed E-state index contributed by atoms with van der Waals surface area (Å²) in [4.78, 5) is 10.7. The van der Waals surface area contributed by atoms with E-state index >= 15 is 0 Å². The molecule has 2 nitrogen and oxygen atoms in total. The van der Waals surface area contributed by atoms with Gasteiger partial charge < -0.3 is 5.11 Å². The van der Waals surface area contributed by atoms with E-state index in [0.717, 1.165) is 25.7 Å². The molecule has 0 aliphatic carbocycles. The van der Waals surface area contributed by atoms with E-state index in [9.17, 15) is 9.90 Å². The van der Waals surface area contributed by atoms with Crippen molar-refractivity contribution in [2.24, 2.45) is 0 Å². The molecule has 1 N–H and O–H groups in total. The Morgan fingerprint density at radius 2 is 1.94 bits per heavy atom. The number of carbonyl (C=O) groups excluding carboxylic acids is 1. The van der Waals surface area contributed by atoms with Crippen molar-refractivity contribution in [2.45, 2.75) is 45.1 Å². The highest BCUT2D eigenvalue weighted by Crippen LogP contribution is 2.09. The van der Waals surface area contributed by atoms with Gasteiger partial charge in [-0.2, -0.15) is 0 Å². The van der Waals surface area contributed by atoms with E-state index in [4.69, 9.17) is 0 Å². The number of hydrogen-bond acceptors (Lipinski definition) is 2. The van der Waals surface area contributed by atoms with Crippen molar-refractivity contribution in [3.63, 3.8) is 0 Å². The van der Waals surface area contributed by atoms with Gasteiger partial charge in [-0.05, 0) is 31.7 Å². The predicted octanol–water partition coefficient (Wildman–Crippen LogP) is 2.74. The second-order valence-corrected chi connectivity index (χ2v) is 4.29. The summed E-state index contributed by atoms with van der Waals surface area (Å²) < 4.78 is 0. The van der Waals surface area contributed by atoms with Crippen LogP contribution in [0.2, 0.25) is 0 Å². The first-order valence-corrected chi connectivity index (χ1v) is 5.90. The Bertz CT molecular complexity index is 306. The summed E-state index contributed by atoms with van der Waals surface area (Å²) in [7, 11) is 0. The topological polar surface area (TPSA) is 37.3 Å². The fraction of sp³-hybridized carbons (Fsp3) is 0.500. The van der Waals surface area contributed by atoms with Crippen LogP contribution in [0.1, 0.15) is 38.2 Å². The lowest BCUT2D eigenvalue weighted by atomic mass is 10.0. The Balaban J connectivity index is 2.10. The number of aliphatic hydroxyl groups is 1. The molecule has 88 valence electrons. The summed E-state index contributed by atoms with van der Waals surface area (Å²) in [6.45, 7) is 1.52. The van der Waals surface area contributed by atoms with Crippen molar-refractivity contribution in [3.8, 4) is 0 Å². The number of Topliss-reactive ketones (excluding diaryl/α,β-unsaturated/α-hetero) is 1. The minimum absolute atomic E-state index is 0.0653. The number of ketones is 1. The zero-order valence-electron chi connectivity index (χ0n) is 9.86. The average molecular weight is 220 g/mol. The van der Waals surface area contributed by atoms with E-state index < -0.39 is 6.10 Å².